The van der Waals surface area contributed by atoms with E-state index in [4.69, 9.17) is 9.26 Å². The maximum atomic E-state index is 5.84. The lowest BCUT2D eigenvalue weighted by Gasteiger charge is -2.31. The van der Waals surface area contributed by atoms with E-state index in [1.54, 1.807) is 0 Å². The number of hydrogen-bond acceptors (Lipinski definition) is 6. The van der Waals surface area contributed by atoms with Gasteiger partial charge in [-0.25, -0.2) is 0 Å². The Morgan fingerprint density at radius 3 is 3.05 bits per heavy atom. The molecule has 1 aliphatic heterocycles. The van der Waals surface area contributed by atoms with Crippen molar-refractivity contribution in [3.8, 4) is 0 Å². The predicted molar refractivity (Wildman–Crippen MR) is 78.3 cm³/mol. The zero-order chi connectivity index (χ0) is 14.9. The number of hydrogen-bond donors (Lipinski definition) is 0. The van der Waals surface area contributed by atoms with Gasteiger partial charge in [-0.05, 0) is 25.3 Å². The highest BCUT2D eigenvalue weighted by Crippen LogP contribution is 2.38. The minimum absolute atomic E-state index is 0.152. The van der Waals surface area contributed by atoms with Gasteiger partial charge in [0, 0.05) is 25.2 Å². The molecule has 1 atom stereocenters. The topological polar surface area (TPSA) is 69.2 Å². The van der Waals surface area contributed by atoms with Crippen molar-refractivity contribution in [3.63, 3.8) is 0 Å². The Labute approximate surface area is 129 Å². The highest BCUT2D eigenvalue weighted by molar-refractivity contribution is 5.03. The fraction of sp³-hybridized carbons (Fsp3) is 0.667. The van der Waals surface area contributed by atoms with E-state index in [-0.39, 0.29) is 6.10 Å². The second-order valence-electron chi connectivity index (χ2n) is 6.29. The third-order valence-corrected chi connectivity index (χ3v) is 4.16. The number of ether oxygens (including phenoxy) is 1. The maximum Gasteiger partial charge on any atom is 0.240 e. The molecule has 7 nitrogen and oxygen atoms in total. The first-order valence-corrected chi connectivity index (χ1v) is 7.92. The first-order chi connectivity index (χ1) is 10.8. The molecule has 2 aromatic rings. The smallest absolute Gasteiger partial charge is 0.240 e. The zero-order valence-corrected chi connectivity index (χ0v) is 12.8. The van der Waals surface area contributed by atoms with Crippen molar-refractivity contribution in [1.29, 1.82) is 0 Å². The summed E-state index contributed by atoms with van der Waals surface area (Å²) < 4.78 is 13.2. The summed E-state index contributed by atoms with van der Waals surface area (Å²) in [7, 11) is 0. The highest BCUT2D eigenvalue weighted by atomic mass is 16.5. The van der Waals surface area contributed by atoms with Crippen molar-refractivity contribution < 1.29 is 9.26 Å². The van der Waals surface area contributed by atoms with Crippen LogP contribution in [0.2, 0.25) is 0 Å². The third kappa shape index (κ3) is 3.20. The van der Waals surface area contributed by atoms with Crippen molar-refractivity contribution in [2.24, 2.45) is 0 Å². The van der Waals surface area contributed by atoms with Gasteiger partial charge in [0.25, 0.3) is 0 Å². The Bertz CT molecular complexity index is 633. The summed E-state index contributed by atoms with van der Waals surface area (Å²) in [5.74, 6) is 2.14. The third-order valence-electron chi connectivity index (χ3n) is 4.16. The molecule has 0 bridgehead atoms. The number of aromatic nitrogens is 4. The van der Waals surface area contributed by atoms with Crippen LogP contribution in [0.5, 0.6) is 0 Å². The molecule has 2 fully saturated rings. The molecular weight excluding hydrogens is 282 g/mol. The quantitative estimate of drug-likeness (QED) is 0.830. The normalized spacial score (nSPS) is 23.0. The van der Waals surface area contributed by atoms with Crippen LogP contribution in [0.4, 0.5) is 0 Å². The van der Waals surface area contributed by atoms with Crippen molar-refractivity contribution in [2.45, 2.75) is 44.9 Å². The lowest BCUT2D eigenvalue weighted by molar-refractivity contribution is -0.0426. The van der Waals surface area contributed by atoms with Gasteiger partial charge in [0.2, 0.25) is 5.89 Å². The molecule has 1 aliphatic carbocycles. The SMILES string of the molecule is Cc1cnn(C[C@H]2CN(Cc3nc(C4CC4)no3)CCO2)c1. The molecule has 22 heavy (non-hydrogen) atoms. The summed E-state index contributed by atoms with van der Waals surface area (Å²) in [6, 6.07) is 0. The minimum Gasteiger partial charge on any atom is -0.374 e. The van der Waals surface area contributed by atoms with Crippen LogP contribution in [0, 0.1) is 6.92 Å². The fourth-order valence-electron chi connectivity index (χ4n) is 2.84. The van der Waals surface area contributed by atoms with Crippen LogP contribution in [0.25, 0.3) is 0 Å². The lowest BCUT2D eigenvalue weighted by Crippen LogP contribution is -2.43. The molecule has 0 radical (unpaired) electrons. The van der Waals surface area contributed by atoms with Gasteiger partial charge in [-0.15, -0.1) is 0 Å². The van der Waals surface area contributed by atoms with Crippen LogP contribution < -0.4 is 0 Å². The average Bonchev–Trinajstić information content (AvgIpc) is 3.13. The largest absolute Gasteiger partial charge is 0.374 e. The number of rotatable bonds is 5. The van der Waals surface area contributed by atoms with Gasteiger partial charge in [0.05, 0.1) is 32.0 Å². The van der Waals surface area contributed by atoms with Crippen molar-refractivity contribution >= 4 is 0 Å². The number of aryl methyl sites for hydroxylation is 1. The second kappa shape index (κ2) is 5.81. The first-order valence-electron chi connectivity index (χ1n) is 7.92. The van der Waals surface area contributed by atoms with Gasteiger partial charge in [-0.1, -0.05) is 5.16 Å². The van der Waals surface area contributed by atoms with Crippen LogP contribution in [-0.2, 0) is 17.8 Å². The molecule has 0 amide bonds. The van der Waals surface area contributed by atoms with E-state index >= 15 is 0 Å². The van der Waals surface area contributed by atoms with Gasteiger partial charge in [0.15, 0.2) is 5.82 Å². The first kappa shape index (κ1) is 13.9. The van der Waals surface area contributed by atoms with Crippen LogP contribution in [0.3, 0.4) is 0 Å². The summed E-state index contributed by atoms with van der Waals surface area (Å²) >= 11 is 0. The molecule has 0 spiro atoms. The van der Waals surface area contributed by atoms with Crippen LogP contribution in [0.15, 0.2) is 16.9 Å². The van der Waals surface area contributed by atoms with E-state index < -0.39 is 0 Å². The Morgan fingerprint density at radius 2 is 2.27 bits per heavy atom. The monoisotopic (exact) mass is 303 g/mol. The molecule has 7 heteroatoms. The van der Waals surface area contributed by atoms with Gasteiger partial charge in [0.1, 0.15) is 0 Å². The molecule has 2 aromatic heterocycles. The summed E-state index contributed by atoms with van der Waals surface area (Å²) in [5.41, 5.74) is 1.17. The van der Waals surface area contributed by atoms with Gasteiger partial charge >= 0.3 is 0 Å². The van der Waals surface area contributed by atoms with E-state index in [9.17, 15) is 0 Å². The predicted octanol–water partition coefficient (Wildman–Crippen LogP) is 1.35. The second-order valence-corrected chi connectivity index (χ2v) is 6.29. The summed E-state index contributed by atoms with van der Waals surface area (Å²) in [6.07, 6.45) is 6.46. The number of morpholine rings is 1. The molecular formula is C15H21N5O2. The van der Waals surface area contributed by atoms with Crippen molar-refractivity contribution in [3.05, 3.63) is 29.7 Å². The fourth-order valence-corrected chi connectivity index (χ4v) is 2.84. The highest BCUT2D eigenvalue weighted by Gasteiger charge is 2.29. The van der Waals surface area contributed by atoms with Crippen molar-refractivity contribution in [2.75, 3.05) is 19.7 Å². The molecule has 0 aromatic carbocycles. The van der Waals surface area contributed by atoms with Crippen molar-refractivity contribution in [1.82, 2.24) is 24.8 Å². The maximum absolute atomic E-state index is 5.84. The average molecular weight is 303 g/mol. The minimum atomic E-state index is 0.152. The standard InChI is InChI=1S/C15H21N5O2/c1-11-6-16-20(7-11)9-13-8-19(4-5-21-13)10-14-17-15(18-22-14)12-2-3-12/h6-7,12-13H,2-5,8-10H2,1H3/t13-/m1/s1. The van der Waals surface area contributed by atoms with Gasteiger partial charge in [-0.2, -0.15) is 10.1 Å². The zero-order valence-electron chi connectivity index (χ0n) is 12.8. The van der Waals surface area contributed by atoms with Gasteiger partial charge < -0.3 is 9.26 Å². The molecule has 0 unspecified atom stereocenters. The molecule has 118 valence electrons. The molecule has 3 heterocycles. The molecule has 4 rings (SSSR count). The lowest BCUT2D eigenvalue weighted by atomic mass is 10.2. The summed E-state index contributed by atoms with van der Waals surface area (Å²) in [5, 5.41) is 8.40. The van der Waals surface area contributed by atoms with E-state index in [0.29, 0.717) is 12.5 Å². The summed E-state index contributed by atoms with van der Waals surface area (Å²) in [6.45, 7) is 6.02. The van der Waals surface area contributed by atoms with Gasteiger partial charge in [-0.3, -0.25) is 9.58 Å². The Kier molecular flexibility index (Phi) is 3.67. The number of nitrogens with zero attached hydrogens (tertiary/aromatic N) is 5. The molecule has 1 saturated heterocycles. The van der Waals surface area contributed by atoms with Crippen LogP contribution in [-0.4, -0.2) is 50.6 Å². The van der Waals surface area contributed by atoms with E-state index in [1.807, 2.05) is 24.0 Å². The summed E-state index contributed by atoms with van der Waals surface area (Å²) in [4.78, 5) is 6.82. The Hall–Kier alpha value is -1.73. The molecule has 1 saturated carbocycles. The van der Waals surface area contributed by atoms with E-state index in [0.717, 1.165) is 38.0 Å². The molecule has 0 N–H and O–H groups in total. The Morgan fingerprint density at radius 1 is 1.36 bits per heavy atom. The van der Waals surface area contributed by atoms with E-state index in [1.165, 1.54) is 18.4 Å². The van der Waals surface area contributed by atoms with Crippen LogP contribution in [0.1, 0.15) is 36.0 Å². The van der Waals surface area contributed by atoms with Crippen LogP contribution >= 0.6 is 0 Å². The Balaban J connectivity index is 1.33. The molecule has 2 aliphatic rings. The van der Waals surface area contributed by atoms with E-state index in [2.05, 4.69) is 20.1 Å².